The Labute approximate surface area is 387 Å². The van der Waals surface area contributed by atoms with Crippen molar-refractivity contribution < 1.29 is 22.7 Å². The van der Waals surface area contributed by atoms with Crippen molar-refractivity contribution in [3.05, 3.63) is 95.4 Å². The number of nitrogens with one attached hydrogen (secondary N) is 5. The van der Waals surface area contributed by atoms with Crippen molar-refractivity contribution in [1.82, 2.24) is 49.5 Å². The monoisotopic (exact) mass is 942 g/mol. The number of hydrogen-bond acceptors (Lipinski definition) is 17. The molecule has 0 spiro atoms. The number of morpholine rings is 1. The van der Waals surface area contributed by atoms with Crippen LogP contribution in [-0.4, -0.2) is 131 Å². The van der Waals surface area contributed by atoms with E-state index < -0.39 is 10.0 Å². The molecule has 19 nitrogen and oxygen atoms in total. The number of aromatic nitrogens is 8. The molecule has 1 amide bonds. The Kier molecular flexibility index (Phi) is 16.4. The first-order valence-electron chi connectivity index (χ1n) is 21.1. The minimum absolute atomic E-state index is 0.0132. The van der Waals surface area contributed by atoms with Crippen LogP contribution in [0.3, 0.4) is 0 Å². The van der Waals surface area contributed by atoms with Gasteiger partial charge in [0.2, 0.25) is 15.9 Å². The van der Waals surface area contributed by atoms with Crippen molar-refractivity contribution in [2.24, 2.45) is 0 Å². The number of thioether (sulfide) groups is 1. The molecule has 2 fully saturated rings. The molecule has 5 N–H and O–H groups in total. The van der Waals surface area contributed by atoms with Crippen LogP contribution in [0.2, 0.25) is 0 Å². The average molecular weight is 943 g/mol. The number of aromatic amines is 2. The summed E-state index contributed by atoms with van der Waals surface area (Å²) in [5.41, 5.74) is 4.31. The zero-order valence-electron chi connectivity index (χ0n) is 37.0. The number of methoxy groups -OCH3 is 1. The lowest BCUT2D eigenvalue weighted by atomic mass is 10.2. The predicted octanol–water partition coefficient (Wildman–Crippen LogP) is 6.21. The summed E-state index contributed by atoms with van der Waals surface area (Å²) < 4.78 is 37.8. The second kappa shape index (κ2) is 22.5. The second-order valence-electron chi connectivity index (χ2n) is 15.2. The van der Waals surface area contributed by atoms with Gasteiger partial charge in [-0.05, 0) is 74.6 Å². The van der Waals surface area contributed by atoms with Crippen LogP contribution >= 0.6 is 23.5 Å². The lowest BCUT2D eigenvalue weighted by molar-refractivity contribution is -0.115. The van der Waals surface area contributed by atoms with Crippen LogP contribution in [0, 0.1) is 13.8 Å². The number of anilines is 6. The molecule has 2 aliphatic heterocycles. The Bertz CT molecular complexity index is 2600. The first-order valence-corrected chi connectivity index (χ1v) is 24.3. The first-order chi connectivity index (χ1) is 31.4. The molecule has 22 heteroatoms. The molecule has 344 valence electrons. The molecule has 6 aromatic rings. The molecule has 4 aromatic heterocycles. The first kappa shape index (κ1) is 47.3. The van der Waals surface area contributed by atoms with Gasteiger partial charge >= 0.3 is 0 Å². The number of amides is 1. The van der Waals surface area contributed by atoms with Gasteiger partial charge in [-0.1, -0.05) is 30.8 Å². The third-order valence-electron chi connectivity index (χ3n) is 10.1. The molecule has 0 atom stereocenters. The standard InChI is InChI=1S/C24H32N8O3S2.C19H22N6O2S/c1-18-15-22(29-28-18)25-21-16-23(31-9-7-30(2)8-10-31)27-24(26-21)36-17-19-3-5-20(6-4-19)37(33,34)32-11-13-35-14-12-32;1-4-18(26)20-13-5-7-15(8-6-13)28-19-21-14(11-27-3)10-16(23-19)22-17-9-12(2)24-25-17/h3-6,15-16H,7-14,17H2,1-2H3,(H2,25,26,27,28,29);5-10H,4,11H2,1-3H3,(H,20,26)(H2,21,22,23,24,25). The Balaban J connectivity index is 0.000000202. The van der Waals surface area contributed by atoms with E-state index in [4.69, 9.17) is 19.4 Å². The van der Waals surface area contributed by atoms with E-state index in [0.717, 1.165) is 76.9 Å². The van der Waals surface area contributed by atoms with Crippen molar-refractivity contribution in [1.29, 1.82) is 0 Å². The van der Waals surface area contributed by atoms with E-state index in [1.165, 1.54) is 27.8 Å². The van der Waals surface area contributed by atoms with Crippen LogP contribution in [0.25, 0.3) is 0 Å². The summed E-state index contributed by atoms with van der Waals surface area (Å²) in [6.45, 7) is 11.4. The maximum absolute atomic E-state index is 12.9. The maximum Gasteiger partial charge on any atom is 0.243 e. The molecule has 2 saturated heterocycles. The van der Waals surface area contributed by atoms with Gasteiger partial charge in [0.15, 0.2) is 10.3 Å². The predicted molar refractivity (Wildman–Crippen MR) is 253 cm³/mol. The molecular weight excluding hydrogens is 889 g/mol. The fourth-order valence-electron chi connectivity index (χ4n) is 6.59. The smallest absolute Gasteiger partial charge is 0.243 e. The number of carbonyl (C=O) groups is 1. The van der Waals surface area contributed by atoms with Gasteiger partial charge in [0.1, 0.15) is 29.1 Å². The third kappa shape index (κ3) is 13.7. The Morgan fingerprint density at radius 2 is 1.43 bits per heavy atom. The summed E-state index contributed by atoms with van der Waals surface area (Å²) in [5.74, 6) is 4.37. The number of carbonyl (C=O) groups excluding carboxylic acids is 1. The highest BCUT2D eigenvalue weighted by molar-refractivity contribution is 7.99. The van der Waals surface area contributed by atoms with Gasteiger partial charge < -0.3 is 35.2 Å². The number of rotatable bonds is 16. The van der Waals surface area contributed by atoms with Gasteiger partial charge in [-0.15, -0.1) is 0 Å². The number of aryl methyl sites for hydroxylation is 2. The van der Waals surface area contributed by atoms with E-state index >= 15 is 0 Å². The minimum Gasteiger partial charge on any atom is -0.379 e. The fraction of sp³-hybridized carbons (Fsp3) is 0.372. The van der Waals surface area contributed by atoms with E-state index in [2.05, 4.69) is 63.2 Å². The normalized spacial score (nSPS) is 14.7. The number of sulfonamides is 1. The van der Waals surface area contributed by atoms with Crippen molar-refractivity contribution in [3.63, 3.8) is 0 Å². The zero-order valence-corrected chi connectivity index (χ0v) is 39.4. The van der Waals surface area contributed by atoms with Crippen molar-refractivity contribution in [2.75, 3.05) is 87.5 Å². The summed E-state index contributed by atoms with van der Waals surface area (Å²) in [7, 11) is 0.252. The molecule has 0 radical (unpaired) electrons. The van der Waals surface area contributed by atoms with E-state index in [-0.39, 0.29) is 5.91 Å². The van der Waals surface area contributed by atoms with E-state index in [0.29, 0.717) is 71.9 Å². The topological polar surface area (TPSA) is 224 Å². The molecule has 6 heterocycles. The molecule has 0 unspecified atom stereocenters. The Morgan fingerprint density at radius 3 is 2.03 bits per heavy atom. The summed E-state index contributed by atoms with van der Waals surface area (Å²) in [6, 6.07) is 22.3. The average Bonchev–Trinajstić information content (AvgIpc) is 3.92. The molecule has 65 heavy (non-hydrogen) atoms. The number of piperazine rings is 1. The van der Waals surface area contributed by atoms with Crippen LogP contribution < -0.4 is 20.9 Å². The summed E-state index contributed by atoms with van der Waals surface area (Å²) in [4.78, 5) is 36.0. The summed E-state index contributed by atoms with van der Waals surface area (Å²) in [5, 5.41) is 24.8. The quantitative estimate of drug-likeness (QED) is 0.0537. The SMILES string of the molecule is CCC(=O)Nc1ccc(Sc2nc(COC)cc(Nc3cc(C)n[nH]3)n2)cc1.Cc1cc(Nc2cc(N3CCN(C)CC3)nc(SCc3ccc(S(=O)(=O)N4CCOCC4)cc3)n2)[nH]n1. The van der Waals surface area contributed by atoms with Gasteiger partial charge in [-0.25, -0.2) is 28.4 Å². The van der Waals surface area contributed by atoms with Crippen LogP contribution in [-0.2, 0) is 36.7 Å². The van der Waals surface area contributed by atoms with Crippen LogP contribution in [0.4, 0.5) is 34.8 Å². The number of H-pyrrole nitrogens is 2. The lowest BCUT2D eigenvalue weighted by Gasteiger charge is -2.33. The van der Waals surface area contributed by atoms with Gasteiger partial charge in [0, 0.05) is 93.4 Å². The number of nitrogens with zero attached hydrogens (tertiary/aromatic N) is 9. The number of ether oxygens (including phenoxy) is 2. The molecule has 2 aromatic carbocycles. The van der Waals surface area contributed by atoms with Crippen molar-refractivity contribution in [3.8, 4) is 0 Å². The van der Waals surface area contributed by atoms with E-state index in [1.54, 1.807) is 19.2 Å². The highest BCUT2D eigenvalue weighted by atomic mass is 32.2. The highest BCUT2D eigenvalue weighted by Gasteiger charge is 2.26. The maximum atomic E-state index is 12.9. The van der Waals surface area contributed by atoms with E-state index in [9.17, 15) is 13.2 Å². The molecule has 0 aliphatic carbocycles. The Morgan fingerprint density at radius 1 is 0.800 bits per heavy atom. The highest BCUT2D eigenvalue weighted by Crippen LogP contribution is 2.30. The molecule has 2 aliphatic rings. The summed E-state index contributed by atoms with van der Waals surface area (Å²) >= 11 is 2.96. The van der Waals surface area contributed by atoms with Crippen LogP contribution in [0.15, 0.2) is 92.9 Å². The van der Waals surface area contributed by atoms with Gasteiger partial charge in [0.25, 0.3) is 0 Å². The van der Waals surface area contributed by atoms with Crippen LogP contribution in [0.1, 0.15) is 36.0 Å². The number of hydrogen-bond donors (Lipinski definition) is 5. The third-order valence-corrected chi connectivity index (χ3v) is 13.8. The Hall–Kier alpha value is -5.62. The number of benzene rings is 2. The van der Waals surface area contributed by atoms with Gasteiger partial charge in [-0.2, -0.15) is 14.5 Å². The molecular formula is C43H54N14O5S3. The summed E-state index contributed by atoms with van der Waals surface area (Å²) in [6.07, 6.45) is 0.447. The fourth-order valence-corrected chi connectivity index (χ4v) is 9.60. The zero-order chi connectivity index (χ0) is 45.8. The van der Waals surface area contributed by atoms with Gasteiger partial charge in [0.05, 0.1) is 41.8 Å². The van der Waals surface area contributed by atoms with Crippen LogP contribution in [0.5, 0.6) is 0 Å². The van der Waals surface area contributed by atoms with E-state index in [1.807, 2.05) is 81.4 Å². The molecule has 0 saturated carbocycles. The van der Waals surface area contributed by atoms with Crippen molar-refractivity contribution >= 4 is 74.2 Å². The second-order valence-corrected chi connectivity index (χ2v) is 19.1. The lowest BCUT2D eigenvalue weighted by Crippen LogP contribution is -2.44. The molecule has 0 bridgehead atoms. The molecule has 8 rings (SSSR count). The minimum atomic E-state index is -3.51. The largest absolute Gasteiger partial charge is 0.379 e. The van der Waals surface area contributed by atoms with Gasteiger partial charge in [-0.3, -0.25) is 15.0 Å². The number of likely N-dealkylation sites (N-methyl/N-ethyl adjacent to an activating group) is 1. The van der Waals surface area contributed by atoms with Crippen molar-refractivity contribution in [2.45, 2.75) is 59.7 Å².